The van der Waals surface area contributed by atoms with Crippen LogP contribution in [0.4, 0.5) is 0 Å². The van der Waals surface area contributed by atoms with Gasteiger partial charge in [-0.25, -0.2) is 0 Å². The standard InChI is InChI=1S/C14H25BrO2/c1-10(8-16-4)17-14(9-15)12-6-5-11(7-12)13(14,2)3/h10-12H,5-9H2,1-4H3. The maximum atomic E-state index is 6.47. The molecule has 2 fully saturated rings. The minimum atomic E-state index is 0.00780. The first kappa shape index (κ1) is 13.8. The molecule has 0 aromatic heterocycles. The lowest BCUT2D eigenvalue weighted by molar-refractivity contribution is -0.175. The molecular weight excluding hydrogens is 280 g/mol. The first-order chi connectivity index (χ1) is 7.98. The van der Waals surface area contributed by atoms with Crippen LogP contribution < -0.4 is 0 Å². The van der Waals surface area contributed by atoms with E-state index in [1.165, 1.54) is 19.3 Å². The summed E-state index contributed by atoms with van der Waals surface area (Å²) in [6, 6.07) is 0. The molecule has 0 N–H and O–H groups in total. The number of hydrogen-bond acceptors (Lipinski definition) is 2. The Morgan fingerprint density at radius 1 is 1.29 bits per heavy atom. The van der Waals surface area contributed by atoms with Gasteiger partial charge in [-0.05, 0) is 43.4 Å². The average Bonchev–Trinajstić information content (AvgIpc) is 2.81. The molecule has 0 spiro atoms. The molecule has 2 aliphatic rings. The molecular formula is C14H25BrO2. The highest BCUT2D eigenvalue weighted by Crippen LogP contribution is 2.63. The average molecular weight is 305 g/mol. The monoisotopic (exact) mass is 304 g/mol. The Bertz CT molecular complexity index is 279. The van der Waals surface area contributed by atoms with Gasteiger partial charge < -0.3 is 9.47 Å². The van der Waals surface area contributed by atoms with Crippen LogP contribution in [0.3, 0.4) is 0 Å². The Balaban J connectivity index is 2.18. The minimum Gasteiger partial charge on any atom is -0.382 e. The van der Waals surface area contributed by atoms with Crippen molar-refractivity contribution in [3.05, 3.63) is 0 Å². The van der Waals surface area contributed by atoms with Gasteiger partial charge in [0.25, 0.3) is 0 Å². The fourth-order valence-electron chi connectivity index (χ4n) is 4.12. The van der Waals surface area contributed by atoms with Gasteiger partial charge in [0.05, 0.1) is 18.3 Å². The molecule has 0 radical (unpaired) electrons. The summed E-state index contributed by atoms with van der Waals surface area (Å²) >= 11 is 3.72. The zero-order chi connectivity index (χ0) is 12.7. The van der Waals surface area contributed by atoms with E-state index in [0.717, 1.165) is 17.2 Å². The van der Waals surface area contributed by atoms with Crippen LogP contribution in [-0.4, -0.2) is 30.8 Å². The zero-order valence-corrected chi connectivity index (χ0v) is 13.0. The van der Waals surface area contributed by atoms with Crippen molar-refractivity contribution in [1.29, 1.82) is 0 Å². The second-order valence-corrected chi connectivity index (χ2v) is 6.90. The molecule has 0 amide bonds. The first-order valence-corrected chi connectivity index (χ1v) is 7.82. The third-order valence-corrected chi connectivity index (χ3v) is 6.05. The molecule has 2 aliphatic carbocycles. The minimum absolute atomic E-state index is 0.00780. The van der Waals surface area contributed by atoms with E-state index in [1.807, 2.05) is 0 Å². The lowest BCUT2D eigenvalue weighted by Gasteiger charge is -2.50. The smallest absolute Gasteiger partial charge is 0.0864 e. The lowest BCUT2D eigenvalue weighted by atomic mass is 9.66. The summed E-state index contributed by atoms with van der Waals surface area (Å²) in [6.45, 7) is 7.58. The fourth-order valence-corrected chi connectivity index (χ4v) is 5.43. The number of rotatable bonds is 5. The molecule has 17 heavy (non-hydrogen) atoms. The van der Waals surface area contributed by atoms with Crippen LogP contribution in [0.5, 0.6) is 0 Å². The van der Waals surface area contributed by atoms with Gasteiger partial charge in [0.1, 0.15) is 0 Å². The molecule has 0 aromatic rings. The van der Waals surface area contributed by atoms with E-state index in [4.69, 9.17) is 9.47 Å². The second-order valence-electron chi connectivity index (χ2n) is 6.34. The van der Waals surface area contributed by atoms with Crippen molar-refractivity contribution in [3.63, 3.8) is 0 Å². The third-order valence-electron chi connectivity index (χ3n) is 5.21. The number of fused-ring (bicyclic) bond motifs is 2. The van der Waals surface area contributed by atoms with Crippen LogP contribution in [0, 0.1) is 17.3 Å². The number of hydrogen-bond donors (Lipinski definition) is 0. The Morgan fingerprint density at radius 3 is 2.41 bits per heavy atom. The van der Waals surface area contributed by atoms with Crippen LogP contribution in [0.25, 0.3) is 0 Å². The fraction of sp³-hybridized carbons (Fsp3) is 1.00. The topological polar surface area (TPSA) is 18.5 Å². The van der Waals surface area contributed by atoms with E-state index >= 15 is 0 Å². The van der Waals surface area contributed by atoms with Crippen molar-refractivity contribution in [3.8, 4) is 0 Å². The van der Waals surface area contributed by atoms with Crippen molar-refractivity contribution in [2.75, 3.05) is 19.0 Å². The van der Waals surface area contributed by atoms with Gasteiger partial charge in [-0.15, -0.1) is 0 Å². The van der Waals surface area contributed by atoms with Crippen molar-refractivity contribution in [2.24, 2.45) is 17.3 Å². The van der Waals surface area contributed by atoms with Gasteiger partial charge in [0.2, 0.25) is 0 Å². The summed E-state index contributed by atoms with van der Waals surface area (Å²) in [5, 5.41) is 0.947. The Labute approximate surface area is 114 Å². The molecule has 4 atom stereocenters. The molecule has 0 heterocycles. The van der Waals surface area contributed by atoms with E-state index < -0.39 is 0 Å². The summed E-state index contributed by atoms with van der Waals surface area (Å²) < 4.78 is 11.7. The van der Waals surface area contributed by atoms with Crippen LogP contribution in [0.2, 0.25) is 0 Å². The Hall–Kier alpha value is 0.400. The van der Waals surface area contributed by atoms with Crippen molar-refractivity contribution in [1.82, 2.24) is 0 Å². The second kappa shape index (κ2) is 4.82. The molecule has 0 aliphatic heterocycles. The maximum Gasteiger partial charge on any atom is 0.0864 e. The summed E-state index contributed by atoms with van der Waals surface area (Å²) in [5.41, 5.74) is 0.287. The zero-order valence-electron chi connectivity index (χ0n) is 11.5. The molecule has 2 bridgehead atoms. The number of methoxy groups -OCH3 is 1. The SMILES string of the molecule is COCC(C)OC1(CBr)C2CCC(C2)C1(C)C. The molecule has 100 valence electrons. The van der Waals surface area contributed by atoms with Crippen molar-refractivity contribution < 1.29 is 9.47 Å². The van der Waals surface area contributed by atoms with Crippen LogP contribution in [0.1, 0.15) is 40.0 Å². The summed E-state index contributed by atoms with van der Waals surface area (Å²) in [6.07, 6.45) is 4.24. The van der Waals surface area contributed by atoms with Crippen molar-refractivity contribution >= 4 is 15.9 Å². The molecule has 2 rings (SSSR count). The van der Waals surface area contributed by atoms with Gasteiger partial charge in [-0.2, -0.15) is 0 Å². The highest BCUT2D eigenvalue weighted by Gasteiger charge is 2.63. The maximum absolute atomic E-state index is 6.47. The largest absolute Gasteiger partial charge is 0.382 e. The molecule has 0 saturated heterocycles. The summed E-state index contributed by atoms with van der Waals surface area (Å²) in [7, 11) is 1.74. The van der Waals surface area contributed by atoms with Crippen LogP contribution in [-0.2, 0) is 9.47 Å². The Morgan fingerprint density at radius 2 is 1.94 bits per heavy atom. The van der Waals surface area contributed by atoms with E-state index in [-0.39, 0.29) is 17.1 Å². The molecule has 2 saturated carbocycles. The molecule has 3 heteroatoms. The lowest BCUT2D eigenvalue weighted by Crippen LogP contribution is -2.54. The normalized spacial score (nSPS) is 40.8. The number of alkyl halides is 1. The van der Waals surface area contributed by atoms with Gasteiger partial charge >= 0.3 is 0 Å². The van der Waals surface area contributed by atoms with Gasteiger partial charge in [-0.1, -0.05) is 29.8 Å². The van der Waals surface area contributed by atoms with Gasteiger partial charge in [-0.3, -0.25) is 0 Å². The first-order valence-electron chi connectivity index (χ1n) is 6.70. The van der Waals surface area contributed by atoms with E-state index in [1.54, 1.807) is 7.11 Å². The summed E-state index contributed by atoms with van der Waals surface area (Å²) in [5.74, 6) is 1.56. The summed E-state index contributed by atoms with van der Waals surface area (Å²) in [4.78, 5) is 0. The van der Waals surface area contributed by atoms with Gasteiger partial charge in [0, 0.05) is 12.4 Å². The number of ether oxygens (including phenoxy) is 2. The van der Waals surface area contributed by atoms with Gasteiger partial charge in [0.15, 0.2) is 0 Å². The molecule has 0 aromatic carbocycles. The number of halogens is 1. The Kier molecular flexibility index (Phi) is 3.92. The quantitative estimate of drug-likeness (QED) is 0.722. The predicted molar refractivity (Wildman–Crippen MR) is 73.6 cm³/mol. The van der Waals surface area contributed by atoms with Crippen molar-refractivity contribution in [2.45, 2.75) is 51.7 Å². The predicted octanol–water partition coefficient (Wildman–Crippen LogP) is 3.63. The van der Waals surface area contributed by atoms with E-state index in [0.29, 0.717) is 6.61 Å². The van der Waals surface area contributed by atoms with Crippen LogP contribution in [0.15, 0.2) is 0 Å². The molecule has 4 unspecified atom stereocenters. The van der Waals surface area contributed by atoms with Crippen LogP contribution >= 0.6 is 15.9 Å². The molecule has 2 nitrogen and oxygen atoms in total. The third kappa shape index (κ3) is 1.98. The van der Waals surface area contributed by atoms with E-state index in [2.05, 4.69) is 36.7 Å². The highest BCUT2D eigenvalue weighted by atomic mass is 79.9. The van der Waals surface area contributed by atoms with E-state index in [9.17, 15) is 0 Å². The highest BCUT2D eigenvalue weighted by molar-refractivity contribution is 9.09.